The van der Waals surface area contributed by atoms with Crippen LogP contribution in [0.1, 0.15) is 32.6 Å². The molecule has 0 unspecified atom stereocenters. The number of hydrogen-bond donors (Lipinski definition) is 2. The van der Waals surface area contributed by atoms with Crippen LogP contribution in [0.3, 0.4) is 0 Å². The van der Waals surface area contributed by atoms with Crippen LogP contribution in [-0.2, 0) is 4.79 Å². The summed E-state index contributed by atoms with van der Waals surface area (Å²) in [5.74, 6) is 0.102. The van der Waals surface area contributed by atoms with Crippen molar-refractivity contribution in [2.24, 2.45) is 0 Å². The Morgan fingerprint density at radius 2 is 2.43 bits per heavy atom. The van der Waals surface area contributed by atoms with Crippen molar-refractivity contribution in [3.8, 4) is 0 Å². The molecule has 0 aromatic rings. The highest BCUT2D eigenvalue weighted by Crippen LogP contribution is 2.19. The van der Waals surface area contributed by atoms with Crippen LogP contribution in [0.2, 0.25) is 0 Å². The number of allylic oxidation sites excluding steroid dienone is 1. The standard InChI is InChI=1S/C11H20N2O/c1-2-12-9-11(14)13-8-7-10-5-3-4-6-10/h5,12H,2-4,6-9H2,1H3,(H,13,14). The summed E-state index contributed by atoms with van der Waals surface area (Å²) in [5, 5.41) is 5.90. The lowest BCUT2D eigenvalue weighted by molar-refractivity contribution is -0.120. The summed E-state index contributed by atoms with van der Waals surface area (Å²) in [6.07, 6.45) is 7.07. The van der Waals surface area contributed by atoms with E-state index in [-0.39, 0.29) is 5.91 Å². The van der Waals surface area contributed by atoms with Gasteiger partial charge in [0.05, 0.1) is 6.54 Å². The minimum absolute atomic E-state index is 0.102. The highest BCUT2D eigenvalue weighted by molar-refractivity contribution is 5.77. The monoisotopic (exact) mass is 196 g/mol. The molecule has 0 atom stereocenters. The van der Waals surface area contributed by atoms with Crippen molar-refractivity contribution >= 4 is 5.91 Å². The fourth-order valence-corrected chi connectivity index (χ4v) is 1.63. The molecule has 0 aromatic carbocycles. The second kappa shape index (κ2) is 6.60. The van der Waals surface area contributed by atoms with Gasteiger partial charge in [-0.25, -0.2) is 0 Å². The molecule has 0 saturated heterocycles. The predicted molar refractivity (Wildman–Crippen MR) is 58.1 cm³/mol. The Morgan fingerprint density at radius 3 is 3.07 bits per heavy atom. The molecule has 0 radical (unpaired) electrons. The summed E-state index contributed by atoms with van der Waals surface area (Å²) in [4.78, 5) is 11.2. The first-order chi connectivity index (χ1) is 6.83. The molecule has 3 nitrogen and oxygen atoms in total. The smallest absolute Gasteiger partial charge is 0.233 e. The second-order valence-corrected chi connectivity index (χ2v) is 3.63. The molecule has 3 heteroatoms. The van der Waals surface area contributed by atoms with E-state index in [9.17, 15) is 4.79 Å². The predicted octanol–water partition coefficient (Wildman–Crippen LogP) is 1.21. The minimum Gasteiger partial charge on any atom is -0.355 e. The zero-order valence-corrected chi connectivity index (χ0v) is 8.94. The maximum absolute atomic E-state index is 11.2. The number of carbonyl (C=O) groups is 1. The molecule has 0 fully saturated rings. The fourth-order valence-electron chi connectivity index (χ4n) is 1.63. The van der Waals surface area contributed by atoms with Crippen LogP contribution in [0.4, 0.5) is 0 Å². The largest absolute Gasteiger partial charge is 0.355 e. The minimum atomic E-state index is 0.102. The van der Waals surface area contributed by atoms with E-state index in [0.717, 1.165) is 19.5 Å². The van der Waals surface area contributed by atoms with Gasteiger partial charge in [-0.2, -0.15) is 0 Å². The van der Waals surface area contributed by atoms with Crippen molar-refractivity contribution in [2.75, 3.05) is 19.6 Å². The lowest BCUT2D eigenvalue weighted by Gasteiger charge is -2.05. The van der Waals surface area contributed by atoms with Crippen molar-refractivity contribution in [3.05, 3.63) is 11.6 Å². The molecular weight excluding hydrogens is 176 g/mol. The molecule has 2 N–H and O–H groups in total. The van der Waals surface area contributed by atoms with Crippen molar-refractivity contribution in [2.45, 2.75) is 32.6 Å². The molecular formula is C11H20N2O. The van der Waals surface area contributed by atoms with Crippen molar-refractivity contribution in [1.29, 1.82) is 0 Å². The normalized spacial score (nSPS) is 15.4. The van der Waals surface area contributed by atoms with Crippen LogP contribution in [0, 0.1) is 0 Å². The molecule has 0 spiro atoms. The third-order valence-electron chi connectivity index (χ3n) is 2.44. The average Bonchev–Trinajstić information content (AvgIpc) is 2.67. The second-order valence-electron chi connectivity index (χ2n) is 3.63. The Hall–Kier alpha value is -0.830. The number of carbonyl (C=O) groups excluding carboxylic acids is 1. The first kappa shape index (κ1) is 11.2. The number of amides is 1. The van der Waals surface area contributed by atoms with E-state index in [1.807, 2.05) is 6.92 Å². The molecule has 14 heavy (non-hydrogen) atoms. The molecule has 0 aliphatic heterocycles. The summed E-state index contributed by atoms with van der Waals surface area (Å²) in [6.45, 7) is 4.07. The van der Waals surface area contributed by atoms with Crippen LogP contribution >= 0.6 is 0 Å². The van der Waals surface area contributed by atoms with E-state index in [4.69, 9.17) is 0 Å². The summed E-state index contributed by atoms with van der Waals surface area (Å²) in [6, 6.07) is 0. The molecule has 0 aromatic heterocycles. The SMILES string of the molecule is CCNCC(=O)NCCC1=CCCC1. The van der Waals surface area contributed by atoms with Gasteiger partial charge in [-0.1, -0.05) is 18.6 Å². The van der Waals surface area contributed by atoms with Crippen LogP contribution in [-0.4, -0.2) is 25.5 Å². The van der Waals surface area contributed by atoms with E-state index in [0.29, 0.717) is 6.54 Å². The summed E-state index contributed by atoms with van der Waals surface area (Å²) < 4.78 is 0. The average molecular weight is 196 g/mol. The van der Waals surface area contributed by atoms with Crippen molar-refractivity contribution in [1.82, 2.24) is 10.6 Å². The van der Waals surface area contributed by atoms with E-state index in [1.165, 1.54) is 24.8 Å². The van der Waals surface area contributed by atoms with Crippen molar-refractivity contribution < 1.29 is 4.79 Å². The third kappa shape index (κ3) is 4.42. The molecule has 0 bridgehead atoms. The Balaban J connectivity index is 2.00. The maximum atomic E-state index is 11.2. The van der Waals surface area contributed by atoms with Gasteiger partial charge in [-0.3, -0.25) is 4.79 Å². The molecule has 1 aliphatic rings. The highest BCUT2D eigenvalue weighted by Gasteiger charge is 2.04. The van der Waals surface area contributed by atoms with Gasteiger partial charge < -0.3 is 10.6 Å². The van der Waals surface area contributed by atoms with E-state index < -0.39 is 0 Å². The highest BCUT2D eigenvalue weighted by atomic mass is 16.1. The van der Waals surface area contributed by atoms with Gasteiger partial charge >= 0.3 is 0 Å². The molecule has 0 saturated carbocycles. The summed E-state index contributed by atoms with van der Waals surface area (Å²) in [7, 11) is 0. The van der Waals surface area contributed by atoms with Crippen molar-refractivity contribution in [3.63, 3.8) is 0 Å². The van der Waals surface area contributed by atoms with Crippen LogP contribution < -0.4 is 10.6 Å². The summed E-state index contributed by atoms with van der Waals surface area (Å²) >= 11 is 0. The molecule has 1 rings (SSSR count). The van der Waals surface area contributed by atoms with E-state index >= 15 is 0 Å². The molecule has 80 valence electrons. The Kier molecular flexibility index (Phi) is 5.30. The molecule has 1 amide bonds. The maximum Gasteiger partial charge on any atom is 0.233 e. The number of rotatable bonds is 6. The number of likely N-dealkylation sites (N-methyl/N-ethyl adjacent to an activating group) is 1. The molecule has 0 heterocycles. The quantitative estimate of drug-likeness (QED) is 0.627. The summed E-state index contributed by atoms with van der Waals surface area (Å²) in [5.41, 5.74) is 1.51. The van der Waals surface area contributed by atoms with Gasteiger partial charge in [-0.05, 0) is 32.2 Å². The van der Waals surface area contributed by atoms with Gasteiger partial charge in [0.1, 0.15) is 0 Å². The third-order valence-corrected chi connectivity index (χ3v) is 2.44. The number of nitrogens with one attached hydrogen (secondary N) is 2. The van der Waals surface area contributed by atoms with Crippen LogP contribution in [0.15, 0.2) is 11.6 Å². The van der Waals surface area contributed by atoms with Gasteiger partial charge in [-0.15, -0.1) is 0 Å². The topological polar surface area (TPSA) is 41.1 Å². The van der Waals surface area contributed by atoms with E-state index in [2.05, 4.69) is 16.7 Å². The molecule has 1 aliphatic carbocycles. The zero-order chi connectivity index (χ0) is 10.2. The van der Waals surface area contributed by atoms with Gasteiger partial charge in [0, 0.05) is 6.54 Å². The van der Waals surface area contributed by atoms with Gasteiger partial charge in [0.25, 0.3) is 0 Å². The Labute approximate surface area is 86.0 Å². The first-order valence-corrected chi connectivity index (χ1v) is 5.48. The Morgan fingerprint density at radius 1 is 1.57 bits per heavy atom. The Bertz CT molecular complexity index is 211. The lowest BCUT2D eigenvalue weighted by atomic mass is 10.2. The van der Waals surface area contributed by atoms with E-state index in [1.54, 1.807) is 0 Å². The zero-order valence-electron chi connectivity index (χ0n) is 8.94. The van der Waals surface area contributed by atoms with Crippen LogP contribution in [0.25, 0.3) is 0 Å². The van der Waals surface area contributed by atoms with Gasteiger partial charge in [0.15, 0.2) is 0 Å². The number of hydrogen-bond acceptors (Lipinski definition) is 2. The van der Waals surface area contributed by atoms with Gasteiger partial charge in [0.2, 0.25) is 5.91 Å². The van der Waals surface area contributed by atoms with Crippen LogP contribution in [0.5, 0.6) is 0 Å². The lowest BCUT2D eigenvalue weighted by Crippen LogP contribution is -2.34. The fraction of sp³-hybridized carbons (Fsp3) is 0.727. The first-order valence-electron chi connectivity index (χ1n) is 5.48.